The molecule has 0 unspecified atom stereocenters. The minimum Gasteiger partial charge on any atom is -0.356 e. The van der Waals surface area contributed by atoms with Gasteiger partial charge in [-0.1, -0.05) is 6.42 Å². The topological polar surface area (TPSA) is 108 Å². The zero-order valence-electron chi connectivity index (χ0n) is 9.85. The molecule has 1 aliphatic rings. The van der Waals surface area contributed by atoms with E-state index in [9.17, 15) is 13.2 Å². The van der Waals surface area contributed by atoms with Gasteiger partial charge in [-0.05, 0) is 18.9 Å². The quantitative estimate of drug-likeness (QED) is 0.402. The summed E-state index contributed by atoms with van der Waals surface area (Å²) in [6.07, 6.45) is 4.12. The Morgan fingerprint density at radius 1 is 1.33 bits per heavy atom. The average molecular weight is 272 g/mol. The number of H-pyrrole nitrogens is 1. The Bertz CT molecular complexity index is 531. The molecule has 7 nitrogen and oxygen atoms in total. The molecule has 1 fully saturated rings. The largest absolute Gasteiger partial charge is 0.356 e. The predicted octanol–water partition coefficient (Wildman–Crippen LogP) is -0.207. The summed E-state index contributed by atoms with van der Waals surface area (Å²) in [4.78, 5) is 14.0. The van der Waals surface area contributed by atoms with Crippen LogP contribution < -0.4 is 11.3 Å². The van der Waals surface area contributed by atoms with Gasteiger partial charge in [0.1, 0.15) is 10.6 Å². The van der Waals surface area contributed by atoms with E-state index in [1.807, 2.05) is 5.43 Å². The fraction of sp³-hybridized carbons (Fsp3) is 0.500. The molecular formula is C10H16N4O3S. The number of nitrogen functional groups attached to an aromatic ring is 1. The Morgan fingerprint density at radius 3 is 2.61 bits per heavy atom. The van der Waals surface area contributed by atoms with Crippen LogP contribution in [0.15, 0.2) is 17.2 Å². The van der Waals surface area contributed by atoms with Crippen LogP contribution >= 0.6 is 0 Å². The van der Waals surface area contributed by atoms with Gasteiger partial charge in [0, 0.05) is 19.3 Å². The summed E-state index contributed by atoms with van der Waals surface area (Å²) in [5.41, 5.74) is 2.08. The van der Waals surface area contributed by atoms with Crippen LogP contribution in [0.3, 0.4) is 0 Å². The van der Waals surface area contributed by atoms with Gasteiger partial charge in [0.25, 0.3) is 5.91 Å². The molecule has 4 N–H and O–H groups in total. The predicted molar refractivity (Wildman–Crippen MR) is 65.1 cm³/mol. The number of aromatic nitrogens is 1. The Labute approximate surface area is 105 Å². The number of amides is 1. The molecule has 100 valence electrons. The summed E-state index contributed by atoms with van der Waals surface area (Å²) in [7, 11) is -3.50. The van der Waals surface area contributed by atoms with Crippen LogP contribution in [0.2, 0.25) is 0 Å². The molecule has 2 heterocycles. The first-order valence-corrected chi connectivity index (χ1v) is 7.19. The maximum absolute atomic E-state index is 12.3. The lowest BCUT2D eigenvalue weighted by atomic mass is 10.2. The van der Waals surface area contributed by atoms with Crippen molar-refractivity contribution in [3.8, 4) is 0 Å². The highest BCUT2D eigenvalue weighted by molar-refractivity contribution is 7.89. The lowest BCUT2D eigenvalue weighted by Crippen LogP contribution is -2.35. The van der Waals surface area contributed by atoms with Crippen molar-refractivity contribution >= 4 is 15.9 Å². The number of aromatic amines is 1. The summed E-state index contributed by atoms with van der Waals surface area (Å²) < 4.78 is 26.0. The normalized spacial score (nSPS) is 17.6. The molecule has 0 aliphatic carbocycles. The Morgan fingerprint density at radius 2 is 2.00 bits per heavy atom. The van der Waals surface area contributed by atoms with E-state index in [4.69, 9.17) is 5.84 Å². The van der Waals surface area contributed by atoms with Crippen molar-refractivity contribution in [2.24, 2.45) is 5.84 Å². The van der Waals surface area contributed by atoms with Crippen LogP contribution in [-0.2, 0) is 10.0 Å². The number of nitrogens with one attached hydrogen (secondary N) is 2. The van der Waals surface area contributed by atoms with E-state index in [0.717, 1.165) is 19.3 Å². The van der Waals surface area contributed by atoms with E-state index in [0.29, 0.717) is 13.1 Å². The molecular weight excluding hydrogens is 256 g/mol. The fourth-order valence-corrected chi connectivity index (χ4v) is 3.50. The molecule has 8 heteroatoms. The third-order valence-electron chi connectivity index (χ3n) is 2.99. The van der Waals surface area contributed by atoms with Crippen molar-refractivity contribution in [3.63, 3.8) is 0 Å². The number of hydrazine groups is 1. The standard InChI is InChI=1S/C10H16N4O3S/c11-13-10(15)9-6-8(7-12-9)18(16,17)14-4-2-1-3-5-14/h6-7,12H,1-5,11H2,(H,13,15). The van der Waals surface area contributed by atoms with Gasteiger partial charge in [0.2, 0.25) is 10.0 Å². The molecule has 0 aromatic carbocycles. The lowest BCUT2D eigenvalue weighted by molar-refractivity contribution is 0.0949. The first-order valence-electron chi connectivity index (χ1n) is 5.75. The highest BCUT2D eigenvalue weighted by Gasteiger charge is 2.27. The molecule has 1 aromatic heterocycles. The van der Waals surface area contributed by atoms with Crippen LogP contribution in [0.4, 0.5) is 0 Å². The maximum Gasteiger partial charge on any atom is 0.281 e. The van der Waals surface area contributed by atoms with Gasteiger partial charge in [0.15, 0.2) is 0 Å². The summed E-state index contributed by atoms with van der Waals surface area (Å²) in [6.45, 7) is 1.07. The monoisotopic (exact) mass is 272 g/mol. The van der Waals surface area contributed by atoms with Gasteiger partial charge in [0.05, 0.1) is 0 Å². The molecule has 1 amide bonds. The number of nitrogens with zero attached hydrogens (tertiary/aromatic N) is 1. The molecule has 0 spiro atoms. The first-order chi connectivity index (χ1) is 8.55. The summed E-state index contributed by atoms with van der Waals surface area (Å²) >= 11 is 0. The molecule has 0 radical (unpaired) electrons. The van der Waals surface area contributed by atoms with Gasteiger partial charge in [-0.2, -0.15) is 4.31 Å². The smallest absolute Gasteiger partial charge is 0.281 e. The number of piperidine rings is 1. The number of hydrogen-bond acceptors (Lipinski definition) is 4. The number of carbonyl (C=O) groups excluding carboxylic acids is 1. The van der Waals surface area contributed by atoms with Crippen LogP contribution in [0, 0.1) is 0 Å². The Hall–Kier alpha value is -1.38. The highest BCUT2D eigenvalue weighted by Crippen LogP contribution is 2.20. The molecule has 2 rings (SSSR count). The number of nitrogens with two attached hydrogens (primary N) is 1. The fourth-order valence-electron chi connectivity index (χ4n) is 1.99. The van der Waals surface area contributed by atoms with E-state index in [2.05, 4.69) is 4.98 Å². The maximum atomic E-state index is 12.3. The first kappa shape index (κ1) is 13.1. The van der Waals surface area contributed by atoms with Gasteiger partial charge in [-0.3, -0.25) is 10.2 Å². The molecule has 1 aliphatic heterocycles. The third kappa shape index (κ3) is 2.40. The van der Waals surface area contributed by atoms with Gasteiger partial charge < -0.3 is 4.98 Å². The Balaban J connectivity index is 2.24. The van der Waals surface area contributed by atoms with Crippen molar-refractivity contribution in [2.75, 3.05) is 13.1 Å². The summed E-state index contributed by atoms with van der Waals surface area (Å²) in [6, 6.07) is 1.30. The van der Waals surface area contributed by atoms with Crippen molar-refractivity contribution in [2.45, 2.75) is 24.2 Å². The van der Waals surface area contributed by atoms with Crippen LogP contribution in [0.25, 0.3) is 0 Å². The summed E-state index contributed by atoms with van der Waals surface area (Å²) in [5, 5.41) is 0. The molecule has 0 saturated carbocycles. The Kier molecular flexibility index (Phi) is 3.69. The second kappa shape index (κ2) is 5.09. The zero-order chi connectivity index (χ0) is 13.2. The van der Waals surface area contributed by atoms with E-state index in [1.165, 1.54) is 16.6 Å². The SMILES string of the molecule is NNC(=O)c1cc(S(=O)(=O)N2CCCCC2)c[nH]1. The minimum absolute atomic E-state index is 0.100. The van der Waals surface area contributed by atoms with E-state index in [-0.39, 0.29) is 10.6 Å². The van der Waals surface area contributed by atoms with E-state index in [1.54, 1.807) is 0 Å². The highest BCUT2D eigenvalue weighted by atomic mass is 32.2. The molecule has 0 atom stereocenters. The molecule has 0 bridgehead atoms. The van der Waals surface area contributed by atoms with Gasteiger partial charge >= 0.3 is 0 Å². The van der Waals surface area contributed by atoms with Gasteiger partial charge in [-0.25, -0.2) is 14.3 Å². The van der Waals surface area contributed by atoms with Crippen molar-refractivity contribution in [3.05, 3.63) is 18.0 Å². The van der Waals surface area contributed by atoms with E-state index < -0.39 is 15.9 Å². The lowest BCUT2D eigenvalue weighted by Gasteiger charge is -2.25. The van der Waals surface area contributed by atoms with Gasteiger partial charge in [-0.15, -0.1) is 0 Å². The number of sulfonamides is 1. The second-order valence-electron chi connectivity index (χ2n) is 4.19. The van der Waals surface area contributed by atoms with E-state index >= 15 is 0 Å². The average Bonchev–Trinajstić information content (AvgIpc) is 2.89. The van der Waals surface area contributed by atoms with Crippen LogP contribution in [0.1, 0.15) is 29.8 Å². The molecule has 1 saturated heterocycles. The zero-order valence-corrected chi connectivity index (χ0v) is 10.7. The van der Waals surface area contributed by atoms with Crippen LogP contribution in [0.5, 0.6) is 0 Å². The third-order valence-corrected chi connectivity index (χ3v) is 4.86. The van der Waals surface area contributed by atoms with Crippen molar-refractivity contribution < 1.29 is 13.2 Å². The second-order valence-corrected chi connectivity index (χ2v) is 6.13. The minimum atomic E-state index is -3.50. The summed E-state index contributed by atoms with van der Waals surface area (Å²) in [5.74, 6) is 4.44. The number of rotatable bonds is 3. The van der Waals surface area contributed by atoms with Crippen LogP contribution in [-0.4, -0.2) is 36.7 Å². The number of carbonyl (C=O) groups is 1. The molecule has 18 heavy (non-hydrogen) atoms. The van der Waals surface area contributed by atoms with Crippen molar-refractivity contribution in [1.29, 1.82) is 0 Å². The number of hydrogen-bond donors (Lipinski definition) is 3. The molecule has 1 aromatic rings. The van der Waals surface area contributed by atoms with Crippen molar-refractivity contribution in [1.82, 2.24) is 14.7 Å².